The largest absolute Gasteiger partial charge is 0.507 e. The number of rotatable bonds is 2. The highest BCUT2D eigenvalue weighted by Crippen LogP contribution is 2.32. The monoisotopic (exact) mass is 226 g/mol. The molecule has 2 rings (SSSR count). The minimum Gasteiger partial charge on any atom is -0.507 e. The fraction of sp³-hybridized carbons (Fsp3) is 0.100. The number of hydrogen-bond donors (Lipinski definition) is 2. The van der Waals surface area contributed by atoms with Crippen molar-refractivity contribution in [1.29, 1.82) is 0 Å². The van der Waals surface area contributed by atoms with Crippen molar-refractivity contribution in [2.45, 2.75) is 6.43 Å². The molecule has 2 aromatic rings. The molecule has 0 saturated carbocycles. The van der Waals surface area contributed by atoms with Gasteiger partial charge in [-0.25, -0.2) is 8.78 Å². The molecule has 16 heavy (non-hydrogen) atoms. The van der Waals surface area contributed by atoms with E-state index in [4.69, 9.17) is 5.73 Å². The Kier molecular flexibility index (Phi) is 2.47. The minimum absolute atomic E-state index is 0.0901. The van der Waals surface area contributed by atoms with Crippen LogP contribution < -0.4 is 5.73 Å². The Hall–Kier alpha value is -2.11. The van der Waals surface area contributed by atoms with Gasteiger partial charge in [-0.3, -0.25) is 0 Å². The topological polar surface area (TPSA) is 72.3 Å². The van der Waals surface area contributed by atoms with Gasteiger partial charge in [0, 0.05) is 17.2 Å². The molecular weight excluding hydrogens is 218 g/mol. The number of halogens is 2. The molecule has 0 aliphatic heterocycles. The molecule has 1 heterocycles. The summed E-state index contributed by atoms with van der Waals surface area (Å²) in [6, 6.07) is 4.95. The molecule has 6 heteroatoms. The molecule has 4 nitrogen and oxygen atoms in total. The second-order valence-electron chi connectivity index (χ2n) is 3.19. The number of nitrogen functional groups attached to an aromatic ring is 1. The molecule has 3 N–H and O–H groups in total. The molecule has 0 saturated heterocycles. The number of anilines is 1. The van der Waals surface area contributed by atoms with E-state index in [0.29, 0.717) is 11.3 Å². The molecule has 0 radical (unpaired) electrons. The molecule has 0 fully saturated rings. The summed E-state index contributed by atoms with van der Waals surface area (Å²) in [5, 5.41) is 13.1. The normalized spacial score (nSPS) is 10.9. The summed E-state index contributed by atoms with van der Waals surface area (Å²) in [5.74, 6) is -0.196. The van der Waals surface area contributed by atoms with Crippen molar-refractivity contribution in [3.8, 4) is 17.0 Å². The first-order valence-corrected chi connectivity index (χ1v) is 4.41. The van der Waals surface area contributed by atoms with E-state index in [0.717, 1.165) is 6.07 Å². The Morgan fingerprint density at radius 1 is 1.31 bits per heavy atom. The smallest absolute Gasteiger partial charge is 0.263 e. The third-order valence-corrected chi connectivity index (χ3v) is 2.08. The molecule has 0 aliphatic carbocycles. The van der Waals surface area contributed by atoms with Crippen LogP contribution >= 0.6 is 0 Å². The first-order valence-electron chi connectivity index (χ1n) is 4.41. The molecule has 1 aromatic carbocycles. The van der Waals surface area contributed by atoms with Gasteiger partial charge in [0.05, 0.1) is 0 Å². The van der Waals surface area contributed by atoms with E-state index in [1.807, 2.05) is 0 Å². The number of aromatic hydroxyl groups is 1. The third kappa shape index (κ3) is 1.81. The van der Waals surface area contributed by atoms with Crippen LogP contribution in [0.1, 0.15) is 12.0 Å². The van der Waals surface area contributed by atoms with Crippen LogP contribution in [0.25, 0.3) is 11.3 Å². The molecule has 0 bridgehead atoms. The van der Waals surface area contributed by atoms with Gasteiger partial charge >= 0.3 is 0 Å². The molecule has 0 spiro atoms. The summed E-state index contributed by atoms with van der Waals surface area (Å²) in [4.78, 5) is 0. The first-order chi connectivity index (χ1) is 7.58. The Balaban J connectivity index is 2.44. The van der Waals surface area contributed by atoms with Crippen LogP contribution in [-0.4, -0.2) is 10.3 Å². The van der Waals surface area contributed by atoms with Crippen molar-refractivity contribution < 1.29 is 18.4 Å². The van der Waals surface area contributed by atoms with Gasteiger partial charge in [0.1, 0.15) is 11.4 Å². The maximum atomic E-state index is 12.3. The number of phenolic OH excluding ortho intramolecular Hbond substituents is 1. The summed E-state index contributed by atoms with van der Waals surface area (Å²) in [5.41, 5.74) is 5.66. The lowest BCUT2D eigenvalue weighted by Gasteiger charge is -2.03. The number of hydrogen-bond acceptors (Lipinski definition) is 4. The zero-order chi connectivity index (χ0) is 11.7. The van der Waals surface area contributed by atoms with E-state index in [2.05, 4.69) is 9.68 Å². The summed E-state index contributed by atoms with van der Waals surface area (Å²) in [7, 11) is 0. The van der Waals surface area contributed by atoms with Gasteiger partial charge < -0.3 is 15.4 Å². The minimum atomic E-state index is -2.62. The van der Waals surface area contributed by atoms with E-state index in [1.165, 1.54) is 18.2 Å². The van der Waals surface area contributed by atoms with E-state index < -0.39 is 6.43 Å². The second kappa shape index (κ2) is 3.80. The number of phenols is 1. The van der Waals surface area contributed by atoms with Crippen molar-refractivity contribution in [3.05, 3.63) is 29.8 Å². The Bertz CT molecular complexity index is 511. The number of benzene rings is 1. The van der Waals surface area contributed by atoms with Crippen molar-refractivity contribution >= 4 is 5.88 Å². The third-order valence-electron chi connectivity index (χ3n) is 2.08. The Morgan fingerprint density at radius 3 is 2.56 bits per heavy atom. The maximum absolute atomic E-state index is 12.3. The van der Waals surface area contributed by atoms with Crippen molar-refractivity contribution in [2.75, 3.05) is 5.73 Å². The summed E-state index contributed by atoms with van der Waals surface area (Å²) >= 11 is 0. The van der Waals surface area contributed by atoms with Gasteiger partial charge in [0.2, 0.25) is 5.88 Å². The van der Waals surface area contributed by atoms with E-state index >= 15 is 0 Å². The molecule has 0 unspecified atom stereocenters. The Labute approximate surface area is 89.3 Å². The molecular formula is C10H8F2N2O2. The fourth-order valence-electron chi connectivity index (χ4n) is 1.32. The number of nitrogens with two attached hydrogens (primary N) is 1. The average molecular weight is 226 g/mol. The van der Waals surface area contributed by atoms with Crippen LogP contribution in [0.3, 0.4) is 0 Å². The van der Waals surface area contributed by atoms with Crippen LogP contribution in [-0.2, 0) is 0 Å². The van der Waals surface area contributed by atoms with E-state index in [-0.39, 0.29) is 17.2 Å². The van der Waals surface area contributed by atoms with Crippen LogP contribution in [0.2, 0.25) is 0 Å². The lowest BCUT2D eigenvalue weighted by atomic mass is 10.1. The lowest BCUT2D eigenvalue weighted by Crippen LogP contribution is -1.86. The van der Waals surface area contributed by atoms with Gasteiger partial charge in [-0.15, -0.1) is 0 Å². The van der Waals surface area contributed by atoms with E-state index in [9.17, 15) is 13.9 Å². The van der Waals surface area contributed by atoms with Gasteiger partial charge in [-0.1, -0.05) is 11.2 Å². The standard InChI is InChI=1S/C10H8F2N2O2/c11-10(12)5-1-2-6(8(15)3-5)7-4-9(13)16-14-7/h1-4,10,15H,13H2. The number of alkyl halides is 2. The summed E-state index contributed by atoms with van der Waals surface area (Å²) < 4.78 is 29.3. The summed E-state index contributed by atoms with van der Waals surface area (Å²) in [6.45, 7) is 0. The van der Waals surface area contributed by atoms with Crippen LogP contribution in [0.15, 0.2) is 28.8 Å². The van der Waals surface area contributed by atoms with Gasteiger partial charge in [0.25, 0.3) is 6.43 Å². The van der Waals surface area contributed by atoms with Crippen LogP contribution in [0, 0.1) is 0 Å². The first kappa shape index (κ1) is 10.4. The number of aromatic nitrogens is 1. The lowest BCUT2D eigenvalue weighted by molar-refractivity contribution is 0.151. The predicted molar refractivity (Wildman–Crippen MR) is 53.0 cm³/mol. The van der Waals surface area contributed by atoms with Gasteiger partial charge in [-0.2, -0.15) is 0 Å². The zero-order valence-electron chi connectivity index (χ0n) is 8.02. The van der Waals surface area contributed by atoms with Gasteiger partial charge in [-0.05, 0) is 12.1 Å². The fourth-order valence-corrected chi connectivity index (χ4v) is 1.32. The molecule has 0 atom stereocenters. The van der Waals surface area contributed by atoms with Crippen LogP contribution in [0.5, 0.6) is 5.75 Å². The highest BCUT2D eigenvalue weighted by molar-refractivity contribution is 5.68. The quantitative estimate of drug-likeness (QED) is 0.825. The molecule has 1 aromatic heterocycles. The number of nitrogens with zero attached hydrogens (tertiary/aromatic N) is 1. The molecule has 0 aliphatic rings. The SMILES string of the molecule is Nc1cc(-c2ccc(C(F)F)cc2O)no1. The summed E-state index contributed by atoms with van der Waals surface area (Å²) in [6.07, 6.45) is -2.62. The maximum Gasteiger partial charge on any atom is 0.263 e. The van der Waals surface area contributed by atoms with E-state index in [1.54, 1.807) is 0 Å². The van der Waals surface area contributed by atoms with Gasteiger partial charge in [0.15, 0.2) is 0 Å². The van der Waals surface area contributed by atoms with Crippen molar-refractivity contribution in [2.24, 2.45) is 0 Å². The Morgan fingerprint density at radius 2 is 2.06 bits per heavy atom. The second-order valence-corrected chi connectivity index (χ2v) is 3.19. The average Bonchev–Trinajstić information content (AvgIpc) is 2.64. The van der Waals surface area contributed by atoms with Crippen molar-refractivity contribution in [1.82, 2.24) is 5.16 Å². The van der Waals surface area contributed by atoms with Crippen LogP contribution in [0.4, 0.5) is 14.7 Å². The van der Waals surface area contributed by atoms with Crippen molar-refractivity contribution in [3.63, 3.8) is 0 Å². The highest BCUT2D eigenvalue weighted by atomic mass is 19.3. The molecule has 0 amide bonds. The predicted octanol–water partition coefficient (Wildman–Crippen LogP) is 2.57. The zero-order valence-corrected chi connectivity index (χ0v) is 8.02. The highest BCUT2D eigenvalue weighted by Gasteiger charge is 2.13. The molecule has 84 valence electrons.